The van der Waals surface area contributed by atoms with Crippen molar-refractivity contribution in [2.45, 2.75) is 32.4 Å². The molecule has 1 atom stereocenters. The summed E-state index contributed by atoms with van der Waals surface area (Å²) < 4.78 is 14.5. The molecule has 0 aliphatic carbocycles. The Morgan fingerprint density at radius 2 is 2.12 bits per heavy atom. The van der Waals surface area contributed by atoms with Crippen LogP contribution in [-0.4, -0.2) is 34.7 Å². The van der Waals surface area contributed by atoms with Crippen LogP contribution in [0.1, 0.15) is 30.1 Å². The van der Waals surface area contributed by atoms with Crippen LogP contribution in [0.15, 0.2) is 41.3 Å². The van der Waals surface area contributed by atoms with Gasteiger partial charge in [-0.25, -0.2) is 0 Å². The zero-order valence-corrected chi connectivity index (χ0v) is 15.1. The summed E-state index contributed by atoms with van der Waals surface area (Å²) in [5, 5.41) is 5.16. The minimum Gasteiger partial charge on any atom is -0.497 e. The second-order valence-electron chi connectivity index (χ2n) is 6.78. The van der Waals surface area contributed by atoms with Gasteiger partial charge < -0.3 is 14.0 Å². The van der Waals surface area contributed by atoms with E-state index in [4.69, 9.17) is 9.47 Å². The molecule has 0 N–H and O–H groups in total. The van der Waals surface area contributed by atoms with Gasteiger partial charge in [0.15, 0.2) is 0 Å². The van der Waals surface area contributed by atoms with Crippen molar-refractivity contribution in [2.24, 2.45) is 0 Å². The average molecular weight is 353 g/mol. The summed E-state index contributed by atoms with van der Waals surface area (Å²) in [6.45, 7) is 3.97. The van der Waals surface area contributed by atoms with E-state index < -0.39 is 0 Å². The summed E-state index contributed by atoms with van der Waals surface area (Å²) in [6, 6.07) is 10.1. The highest BCUT2D eigenvalue weighted by Crippen LogP contribution is 2.23. The number of pyridine rings is 1. The molecule has 4 rings (SSSR count). The number of hydrogen-bond donors (Lipinski definition) is 0. The topological polar surface area (TPSA) is 58.3 Å². The number of ether oxygens (including phenoxy) is 2. The first-order valence-electron chi connectivity index (χ1n) is 8.95. The van der Waals surface area contributed by atoms with Gasteiger partial charge in [-0.2, -0.15) is 5.10 Å². The predicted molar refractivity (Wildman–Crippen MR) is 99.9 cm³/mol. The average Bonchev–Trinajstić information content (AvgIpc) is 3.10. The lowest BCUT2D eigenvalue weighted by molar-refractivity contribution is 0.0565. The van der Waals surface area contributed by atoms with Gasteiger partial charge in [0.2, 0.25) is 0 Å². The molecule has 1 saturated heterocycles. The normalized spacial score (nSPS) is 17.5. The van der Waals surface area contributed by atoms with Crippen molar-refractivity contribution < 1.29 is 9.47 Å². The number of benzene rings is 1. The number of hydrogen-bond acceptors (Lipinski definition) is 4. The number of nitrogens with zero attached hydrogens (tertiary/aromatic N) is 3. The molecule has 0 amide bonds. The van der Waals surface area contributed by atoms with Crippen LogP contribution >= 0.6 is 0 Å². The monoisotopic (exact) mass is 353 g/mol. The third-order valence-corrected chi connectivity index (χ3v) is 5.06. The summed E-state index contributed by atoms with van der Waals surface area (Å²) in [7, 11) is 1.65. The van der Waals surface area contributed by atoms with Crippen LogP contribution in [0.5, 0.6) is 5.75 Å². The molecule has 6 heteroatoms. The van der Waals surface area contributed by atoms with Crippen LogP contribution < -0.4 is 10.3 Å². The van der Waals surface area contributed by atoms with E-state index in [0.717, 1.165) is 42.0 Å². The zero-order chi connectivity index (χ0) is 18.1. The smallest absolute Gasteiger partial charge is 0.262 e. The van der Waals surface area contributed by atoms with Gasteiger partial charge >= 0.3 is 0 Å². The molecule has 3 heterocycles. The molecule has 0 radical (unpaired) electrons. The molecule has 6 nitrogen and oxygen atoms in total. The van der Waals surface area contributed by atoms with E-state index in [1.165, 1.54) is 0 Å². The first-order valence-corrected chi connectivity index (χ1v) is 8.95. The van der Waals surface area contributed by atoms with Crippen LogP contribution in [0.4, 0.5) is 0 Å². The maximum atomic E-state index is 13.0. The second-order valence-corrected chi connectivity index (χ2v) is 6.78. The van der Waals surface area contributed by atoms with Gasteiger partial charge in [-0.15, -0.1) is 0 Å². The van der Waals surface area contributed by atoms with Gasteiger partial charge in [0.25, 0.3) is 5.56 Å². The quantitative estimate of drug-likeness (QED) is 0.724. The molecule has 136 valence electrons. The third-order valence-electron chi connectivity index (χ3n) is 5.06. The van der Waals surface area contributed by atoms with Crippen molar-refractivity contribution in [1.82, 2.24) is 14.3 Å². The maximum absolute atomic E-state index is 13.0. The second kappa shape index (κ2) is 6.96. The van der Waals surface area contributed by atoms with Crippen molar-refractivity contribution in [1.29, 1.82) is 0 Å². The maximum Gasteiger partial charge on any atom is 0.262 e. The molecule has 0 saturated carbocycles. The Labute approximate surface area is 152 Å². The summed E-state index contributed by atoms with van der Waals surface area (Å²) in [5.41, 5.74) is 2.88. The van der Waals surface area contributed by atoms with Gasteiger partial charge in [-0.1, -0.05) is 12.1 Å². The van der Waals surface area contributed by atoms with E-state index >= 15 is 0 Å². The minimum absolute atomic E-state index is 0.00111. The Bertz CT molecular complexity index is 966. The van der Waals surface area contributed by atoms with E-state index in [1.807, 2.05) is 35.9 Å². The fraction of sp³-hybridized carbons (Fsp3) is 0.400. The molecule has 26 heavy (non-hydrogen) atoms. The van der Waals surface area contributed by atoms with Crippen molar-refractivity contribution in [2.75, 3.05) is 20.3 Å². The van der Waals surface area contributed by atoms with E-state index in [-0.39, 0.29) is 11.6 Å². The van der Waals surface area contributed by atoms with Crippen molar-refractivity contribution in [3.05, 3.63) is 58.1 Å². The molecule has 0 spiro atoms. The summed E-state index contributed by atoms with van der Waals surface area (Å²) in [5.74, 6) is 0.809. The predicted octanol–water partition coefficient (Wildman–Crippen LogP) is 2.91. The van der Waals surface area contributed by atoms with Gasteiger partial charge in [-0.05, 0) is 43.5 Å². The Morgan fingerprint density at radius 3 is 2.81 bits per heavy atom. The van der Waals surface area contributed by atoms with E-state index in [0.29, 0.717) is 18.5 Å². The van der Waals surface area contributed by atoms with Crippen molar-refractivity contribution >= 4 is 10.9 Å². The van der Waals surface area contributed by atoms with Crippen molar-refractivity contribution in [3.8, 4) is 5.75 Å². The van der Waals surface area contributed by atoms with Gasteiger partial charge in [0.1, 0.15) is 5.75 Å². The molecular formula is C20H23N3O3. The van der Waals surface area contributed by atoms with Crippen LogP contribution in [0.25, 0.3) is 10.9 Å². The number of aryl methyl sites for hydroxylation is 1. The SMILES string of the molecule is COc1ccc(Cn2c(C)cc3c(cnn3C3CCCOC3)c2=O)cc1. The summed E-state index contributed by atoms with van der Waals surface area (Å²) in [6.07, 6.45) is 3.75. The highest BCUT2D eigenvalue weighted by molar-refractivity contribution is 5.78. The van der Waals surface area contributed by atoms with Crippen LogP contribution in [0, 0.1) is 6.92 Å². The number of fused-ring (bicyclic) bond motifs is 1. The molecule has 1 aliphatic rings. The standard InChI is InChI=1S/C20H23N3O3/c1-14-10-19-18(11-21-23(19)16-4-3-9-26-13-16)20(24)22(14)12-15-5-7-17(25-2)8-6-15/h5-8,10-11,16H,3-4,9,12-13H2,1-2H3. The van der Waals surface area contributed by atoms with E-state index in [1.54, 1.807) is 17.9 Å². The van der Waals surface area contributed by atoms with Gasteiger partial charge in [-0.3, -0.25) is 9.48 Å². The lowest BCUT2D eigenvalue weighted by atomic mass is 10.1. The first kappa shape index (κ1) is 16.8. The van der Waals surface area contributed by atoms with Crippen LogP contribution in [0.3, 0.4) is 0 Å². The lowest BCUT2D eigenvalue weighted by Crippen LogP contribution is -2.25. The van der Waals surface area contributed by atoms with E-state index in [9.17, 15) is 4.79 Å². The molecule has 1 aliphatic heterocycles. The van der Waals surface area contributed by atoms with E-state index in [2.05, 4.69) is 11.2 Å². The summed E-state index contributed by atoms with van der Waals surface area (Å²) in [4.78, 5) is 13.0. The molecule has 0 bridgehead atoms. The van der Waals surface area contributed by atoms with Crippen LogP contribution in [0.2, 0.25) is 0 Å². The highest BCUT2D eigenvalue weighted by Gasteiger charge is 2.20. The molecule has 1 unspecified atom stereocenters. The fourth-order valence-electron chi connectivity index (χ4n) is 3.58. The molecular weight excluding hydrogens is 330 g/mol. The zero-order valence-electron chi connectivity index (χ0n) is 15.1. The molecule has 1 aromatic carbocycles. The molecule has 3 aromatic rings. The number of methoxy groups -OCH3 is 1. The fourth-order valence-corrected chi connectivity index (χ4v) is 3.58. The Kier molecular flexibility index (Phi) is 4.51. The lowest BCUT2D eigenvalue weighted by Gasteiger charge is -2.23. The number of aromatic nitrogens is 3. The van der Waals surface area contributed by atoms with Gasteiger partial charge in [0.05, 0.1) is 43.4 Å². The Hall–Kier alpha value is -2.60. The molecule has 2 aromatic heterocycles. The first-order chi connectivity index (χ1) is 12.7. The number of rotatable bonds is 4. The van der Waals surface area contributed by atoms with Crippen LogP contribution in [-0.2, 0) is 11.3 Å². The highest BCUT2D eigenvalue weighted by atomic mass is 16.5. The summed E-state index contributed by atoms with van der Waals surface area (Å²) >= 11 is 0. The minimum atomic E-state index is -0.00111. The van der Waals surface area contributed by atoms with Gasteiger partial charge in [0, 0.05) is 12.3 Å². The Morgan fingerprint density at radius 1 is 1.31 bits per heavy atom. The Balaban J connectivity index is 1.71. The van der Waals surface area contributed by atoms with Crippen molar-refractivity contribution in [3.63, 3.8) is 0 Å². The molecule has 1 fully saturated rings. The largest absolute Gasteiger partial charge is 0.497 e. The third kappa shape index (κ3) is 3.01.